The predicted octanol–water partition coefficient (Wildman–Crippen LogP) is 2.49. The van der Waals surface area contributed by atoms with Crippen LogP contribution in [0.3, 0.4) is 0 Å². The number of methoxy groups -OCH3 is 3. The first-order valence-corrected chi connectivity index (χ1v) is 7.27. The van der Waals surface area contributed by atoms with E-state index >= 15 is 0 Å². The third-order valence-electron chi connectivity index (χ3n) is 3.82. The number of benzene rings is 1. The highest BCUT2D eigenvalue weighted by Crippen LogP contribution is 2.30. The smallest absolute Gasteiger partial charge is 0.220 e. The second kappa shape index (κ2) is 7.13. The van der Waals surface area contributed by atoms with Crippen LogP contribution in [0.15, 0.2) is 41.7 Å². The third-order valence-corrected chi connectivity index (χ3v) is 3.82. The van der Waals surface area contributed by atoms with Crippen molar-refractivity contribution in [2.24, 2.45) is 5.92 Å². The summed E-state index contributed by atoms with van der Waals surface area (Å²) in [5.41, 5.74) is 1.49. The molecule has 0 amide bonds. The lowest BCUT2D eigenvalue weighted by atomic mass is 9.87. The molecule has 0 spiro atoms. The molecule has 1 aromatic rings. The molecule has 0 fully saturated rings. The fraction of sp³-hybridized carbons (Fsp3) is 0.333. The van der Waals surface area contributed by atoms with Gasteiger partial charge >= 0.3 is 0 Å². The third kappa shape index (κ3) is 3.62. The highest BCUT2D eigenvalue weighted by Gasteiger charge is 2.24. The molecular formula is C18H20O5. The van der Waals surface area contributed by atoms with Crippen molar-refractivity contribution in [1.82, 2.24) is 0 Å². The van der Waals surface area contributed by atoms with Crippen LogP contribution in [-0.4, -0.2) is 32.9 Å². The predicted molar refractivity (Wildman–Crippen MR) is 85.6 cm³/mol. The molecule has 0 bridgehead atoms. The van der Waals surface area contributed by atoms with Crippen molar-refractivity contribution >= 4 is 11.6 Å². The molecule has 0 N–H and O–H groups in total. The normalized spacial score (nSPS) is 15.7. The minimum atomic E-state index is -0.277. The Bertz CT molecular complexity index is 685. The van der Waals surface area contributed by atoms with Crippen LogP contribution in [0.5, 0.6) is 11.5 Å². The van der Waals surface area contributed by atoms with E-state index < -0.39 is 0 Å². The van der Waals surface area contributed by atoms with Gasteiger partial charge in [0, 0.05) is 11.6 Å². The second-order valence-corrected chi connectivity index (χ2v) is 5.34. The van der Waals surface area contributed by atoms with E-state index in [1.165, 1.54) is 19.3 Å². The Hall–Kier alpha value is -2.56. The van der Waals surface area contributed by atoms with Gasteiger partial charge in [-0.2, -0.15) is 0 Å². The minimum absolute atomic E-state index is 0.0806. The molecule has 0 aliphatic heterocycles. The molecule has 1 aromatic carbocycles. The summed E-state index contributed by atoms with van der Waals surface area (Å²) in [6, 6.07) is 5.62. The Balaban J connectivity index is 2.18. The molecule has 0 aromatic heterocycles. The number of hydrogen-bond acceptors (Lipinski definition) is 5. The maximum Gasteiger partial charge on any atom is 0.220 e. The van der Waals surface area contributed by atoms with Gasteiger partial charge in [0.25, 0.3) is 0 Å². The molecular weight excluding hydrogens is 296 g/mol. The van der Waals surface area contributed by atoms with Gasteiger partial charge in [0.1, 0.15) is 0 Å². The fourth-order valence-electron chi connectivity index (χ4n) is 2.57. The van der Waals surface area contributed by atoms with Crippen molar-refractivity contribution in [2.45, 2.75) is 13.3 Å². The summed E-state index contributed by atoms with van der Waals surface area (Å²) in [6.07, 6.45) is 3.23. The summed E-state index contributed by atoms with van der Waals surface area (Å²) in [4.78, 5) is 24.0. The molecule has 0 saturated heterocycles. The largest absolute Gasteiger partial charge is 0.493 e. The number of carbonyl (C=O) groups is 2. The molecule has 23 heavy (non-hydrogen) atoms. The number of ether oxygens (including phenoxy) is 3. The van der Waals surface area contributed by atoms with E-state index in [-0.39, 0.29) is 23.2 Å². The van der Waals surface area contributed by atoms with Crippen molar-refractivity contribution in [2.75, 3.05) is 21.3 Å². The zero-order valence-corrected chi connectivity index (χ0v) is 13.7. The topological polar surface area (TPSA) is 61.8 Å². The van der Waals surface area contributed by atoms with Crippen LogP contribution >= 0.6 is 0 Å². The van der Waals surface area contributed by atoms with Crippen molar-refractivity contribution in [3.05, 3.63) is 47.2 Å². The van der Waals surface area contributed by atoms with E-state index in [1.807, 2.05) is 25.1 Å². The highest BCUT2D eigenvalue weighted by molar-refractivity contribution is 6.19. The first-order valence-electron chi connectivity index (χ1n) is 7.27. The van der Waals surface area contributed by atoms with E-state index in [1.54, 1.807) is 14.2 Å². The van der Waals surface area contributed by atoms with Gasteiger partial charge in [-0.25, -0.2) is 0 Å². The Kier molecular flexibility index (Phi) is 5.21. The van der Waals surface area contributed by atoms with E-state index in [2.05, 4.69) is 0 Å². The van der Waals surface area contributed by atoms with Crippen molar-refractivity contribution in [3.8, 4) is 11.5 Å². The van der Waals surface area contributed by atoms with Gasteiger partial charge in [-0.1, -0.05) is 13.0 Å². The number of allylic oxidation sites excluding steroid dienone is 3. The molecule has 1 aliphatic rings. The molecule has 0 radical (unpaired) electrons. The second-order valence-electron chi connectivity index (χ2n) is 5.34. The average molecular weight is 316 g/mol. The average Bonchev–Trinajstić information content (AvgIpc) is 2.56. The molecule has 0 saturated carbocycles. The Morgan fingerprint density at radius 1 is 0.913 bits per heavy atom. The number of carbonyl (C=O) groups excluding carboxylic acids is 2. The van der Waals surface area contributed by atoms with Gasteiger partial charge in [0.15, 0.2) is 23.0 Å². The number of rotatable bonds is 6. The van der Waals surface area contributed by atoms with Crippen molar-refractivity contribution in [1.29, 1.82) is 0 Å². The summed E-state index contributed by atoms with van der Waals surface area (Å²) < 4.78 is 15.4. The highest BCUT2D eigenvalue weighted by atomic mass is 16.5. The molecule has 5 nitrogen and oxygen atoms in total. The van der Waals surface area contributed by atoms with Crippen molar-refractivity contribution < 1.29 is 23.8 Å². The molecule has 2 rings (SSSR count). The Morgan fingerprint density at radius 3 is 2.22 bits per heavy atom. The number of ketones is 2. The van der Waals surface area contributed by atoms with Crippen LogP contribution in [0.2, 0.25) is 0 Å². The van der Waals surface area contributed by atoms with Crippen molar-refractivity contribution in [3.63, 3.8) is 0 Å². The lowest BCUT2D eigenvalue weighted by Crippen LogP contribution is -2.19. The summed E-state index contributed by atoms with van der Waals surface area (Å²) in [7, 11) is 4.54. The maximum atomic E-state index is 12.1. The van der Waals surface area contributed by atoms with Gasteiger partial charge in [0.2, 0.25) is 5.78 Å². The molecule has 5 heteroatoms. The van der Waals surface area contributed by atoms with Gasteiger partial charge in [-0.3, -0.25) is 9.59 Å². The van der Waals surface area contributed by atoms with Gasteiger partial charge in [-0.05, 0) is 36.1 Å². The van der Waals surface area contributed by atoms with Gasteiger partial charge < -0.3 is 14.2 Å². The number of hydrogen-bond donors (Lipinski definition) is 0. The molecule has 122 valence electrons. The van der Waals surface area contributed by atoms with Gasteiger partial charge in [0.05, 0.1) is 21.3 Å². The first kappa shape index (κ1) is 16.8. The Labute approximate surface area is 135 Å². The molecule has 1 aliphatic carbocycles. The minimum Gasteiger partial charge on any atom is -0.493 e. The zero-order valence-electron chi connectivity index (χ0n) is 13.7. The van der Waals surface area contributed by atoms with Crippen LogP contribution in [-0.2, 0) is 20.7 Å². The standard InChI is InChI=1S/C18H20O5/c1-11(13-9-15(20)17(22-3)10-14(13)19)7-12-5-6-16(21-2)18(8-12)23-4/h5-6,8-11H,7H2,1-4H3. The van der Waals surface area contributed by atoms with E-state index in [9.17, 15) is 9.59 Å². The summed E-state index contributed by atoms with van der Waals surface area (Å²) in [5, 5.41) is 0. The SMILES string of the molecule is COC1=CC(=O)C(C(C)Cc2ccc(OC)c(OC)c2)=CC1=O. The van der Waals surface area contributed by atoms with Crippen LogP contribution in [0.1, 0.15) is 12.5 Å². The van der Waals surface area contributed by atoms with Crippen LogP contribution < -0.4 is 9.47 Å². The van der Waals surface area contributed by atoms with E-state index in [4.69, 9.17) is 14.2 Å². The monoisotopic (exact) mass is 316 g/mol. The lowest BCUT2D eigenvalue weighted by Gasteiger charge is -2.18. The van der Waals surface area contributed by atoms with Crippen LogP contribution in [0.4, 0.5) is 0 Å². The lowest BCUT2D eigenvalue weighted by molar-refractivity contribution is -0.117. The summed E-state index contributed by atoms with van der Waals surface area (Å²) >= 11 is 0. The van der Waals surface area contributed by atoms with Gasteiger partial charge in [-0.15, -0.1) is 0 Å². The zero-order chi connectivity index (χ0) is 17.0. The summed E-state index contributed by atoms with van der Waals surface area (Å²) in [6.45, 7) is 1.92. The molecule has 1 atom stereocenters. The molecule has 1 unspecified atom stereocenters. The Morgan fingerprint density at radius 2 is 1.61 bits per heavy atom. The van der Waals surface area contributed by atoms with E-state index in [0.29, 0.717) is 23.5 Å². The maximum absolute atomic E-state index is 12.1. The van der Waals surface area contributed by atoms with Crippen LogP contribution in [0.25, 0.3) is 0 Å². The fourth-order valence-corrected chi connectivity index (χ4v) is 2.57. The summed E-state index contributed by atoms with van der Waals surface area (Å²) in [5.74, 6) is 0.811. The quantitative estimate of drug-likeness (QED) is 0.755. The van der Waals surface area contributed by atoms with Crippen LogP contribution in [0, 0.1) is 5.92 Å². The van der Waals surface area contributed by atoms with E-state index in [0.717, 1.165) is 5.56 Å². The first-order chi connectivity index (χ1) is 11.0. The molecule has 0 heterocycles.